The Bertz CT molecular complexity index is 1450. The maximum absolute atomic E-state index is 4.89. The van der Waals surface area contributed by atoms with Crippen LogP contribution in [0.2, 0.25) is 0 Å². The van der Waals surface area contributed by atoms with Crippen molar-refractivity contribution in [1.82, 2.24) is 9.55 Å². The molecule has 1 aliphatic heterocycles. The number of amidine groups is 1. The van der Waals surface area contributed by atoms with E-state index >= 15 is 0 Å². The number of aliphatic imine (C=N–C) groups is 1. The average Bonchev–Trinajstić information content (AvgIpc) is 3.38. The van der Waals surface area contributed by atoms with E-state index in [1.807, 2.05) is 6.92 Å². The summed E-state index contributed by atoms with van der Waals surface area (Å²) in [5.74, 6) is 1.91. The summed E-state index contributed by atoms with van der Waals surface area (Å²) in [6, 6.07) is 31.9. The highest BCUT2D eigenvalue weighted by atomic mass is 15.1. The summed E-state index contributed by atoms with van der Waals surface area (Å²) in [5, 5.41) is 3.73. The second-order valence-corrected chi connectivity index (χ2v) is 8.47. The summed E-state index contributed by atoms with van der Waals surface area (Å²) >= 11 is 0. The molecule has 1 aromatic heterocycles. The van der Waals surface area contributed by atoms with Crippen molar-refractivity contribution >= 4 is 22.6 Å². The maximum Gasteiger partial charge on any atom is 0.133 e. The third kappa shape index (κ3) is 3.31. The number of hydrogen-bond donors (Lipinski definition) is 1. The van der Waals surface area contributed by atoms with Crippen LogP contribution in [-0.2, 0) is 13.6 Å². The number of anilines is 1. The van der Waals surface area contributed by atoms with Crippen LogP contribution in [0.4, 0.5) is 5.69 Å². The minimum atomic E-state index is 0.673. The molecular weight excluding hydrogens is 404 g/mol. The molecule has 0 radical (unpaired) electrons. The van der Waals surface area contributed by atoms with Crippen molar-refractivity contribution in [3.05, 3.63) is 108 Å². The van der Waals surface area contributed by atoms with Gasteiger partial charge in [-0.2, -0.15) is 0 Å². The fourth-order valence-corrected chi connectivity index (χ4v) is 4.63. The Morgan fingerprint density at radius 2 is 1.39 bits per heavy atom. The van der Waals surface area contributed by atoms with E-state index in [0.717, 1.165) is 45.1 Å². The van der Waals surface area contributed by atoms with E-state index in [-0.39, 0.29) is 0 Å². The molecule has 0 saturated heterocycles. The van der Waals surface area contributed by atoms with Gasteiger partial charge in [-0.15, -0.1) is 0 Å². The molecule has 6 rings (SSSR count). The summed E-state index contributed by atoms with van der Waals surface area (Å²) in [7, 11) is 2.06. The molecule has 1 N–H and O–H groups in total. The number of aromatic nitrogens is 2. The monoisotopic (exact) mass is 428 g/mol. The Kier molecular flexibility index (Phi) is 4.58. The fourth-order valence-electron chi connectivity index (χ4n) is 4.63. The summed E-state index contributed by atoms with van der Waals surface area (Å²) in [5.41, 5.74) is 10.2. The fraction of sp³-hybridized carbons (Fsp3) is 0.103. The Labute approximate surface area is 193 Å². The molecule has 2 heterocycles. The van der Waals surface area contributed by atoms with Gasteiger partial charge >= 0.3 is 0 Å². The number of rotatable bonds is 3. The van der Waals surface area contributed by atoms with Crippen LogP contribution in [0.25, 0.3) is 33.3 Å². The van der Waals surface area contributed by atoms with E-state index in [4.69, 9.17) is 9.98 Å². The van der Waals surface area contributed by atoms with Gasteiger partial charge in [0.05, 0.1) is 23.3 Å². The molecule has 0 unspecified atom stereocenters. The zero-order valence-electron chi connectivity index (χ0n) is 18.7. The van der Waals surface area contributed by atoms with E-state index in [0.29, 0.717) is 6.54 Å². The second-order valence-electron chi connectivity index (χ2n) is 8.47. The highest BCUT2D eigenvalue weighted by Gasteiger charge is 2.21. The molecule has 0 fully saturated rings. The van der Waals surface area contributed by atoms with Gasteiger partial charge in [-0.25, -0.2) is 4.98 Å². The Balaban J connectivity index is 1.49. The number of hydrogen-bond acceptors (Lipinski definition) is 3. The first-order valence-corrected chi connectivity index (χ1v) is 11.2. The van der Waals surface area contributed by atoms with Crippen molar-refractivity contribution in [3.63, 3.8) is 0 Å². The number of benzene rings is 4. The minimum absolute atomic E-state index is 0.673. The predicted molar refractivity (Wildman–Crippen MR) is 137 cm³/mol. The topological polar surface area (TPSA) is 42.2 Å². The first-order valence-electron chi connectivity index (χ1n) is 11.2. The van der Waals surface area contributed by atoms with Crippen LogP contribution in [0.15, 0.2) is 96.0 Å². The first-order chi connectivity index (χ1) is 16.2. The van der Waals surface area contributed by atoms with E-state index in [1.165, 1.54) is 16.7 Å². The van der Waals surface area contributed by atoms with Gasteiger partial charge in [-0.1, -0.05) is 78.9 Å². The molecule has 160 valence electrons. The molecular formula is C29H24N4. The number of nitrogens with one attached hydrogen (secondary N) is 1. The van der Waals surface area contributed by atoms with Gasteiger partial charge in [0, 0.05) is 23.7 Å². The molecule has 0 bridgehead atoms. The Hall–Kier alpha value is -4.18. The van der Waals surface area contributed by atoms with Gasteiger partial charge < -0.3 is 9.88 Å². The van der Waals surface area contributed by atoms with Gasteiger partial charge in [0.15, 0.2) is 0 Å². The van der Waals surface area contributed by atoms with Crippen LogP contribution in [0.3, 0.4) is 0 Å². The quantitative estimate of drug-likeness (QED) is 0.352. The molecule has 0 saturated carbocycles. The summed E-state index contributed by atoms with van der Waals surface area (Å²) < 4.78 is 2.14. The standard InChI is InChI=1S/C29H24N4/c1-19-31-26-17-25-22(16-27(26)33(19)2)18-30-29(25)32-28-23(20-10-5-3-6-11-20)14-9-15-24(28)21-12-7-4-8-13-21/h3-17H,18H2,1-2H3,(H,30,32). The van der Waals surface area contributed by atoms with Gasteiger partial charge in [0.1, 0.15) is 11.7 Å². The molecule has 5 aromatic rings. The van der Waals surface area contributed by atoms with Crippen LogP contribution in [0.1, 0.15) is 17.0 Å². The summed E-state index contributed by atoms with van der Waals surface area (Å²) in [4.78, 5) is 9.63. The molecule has 0 amide bonds. The number of nitrogens with zero attached hydrogens (tertiary/aromatic N) is 3. The lowest BCUT2D eigenvalue weighted by Crippen LogP contribution is -2.13. The molecule has 4 aromatic carbocycles. The normalized spacial score (nSPS) is 12.6. The molecule has 0 spiro atoms. The van der Waals surface area contributed by atoms with Crippen molar-refractivity contribution in [1.29, 1.82) is 0 Å². The van der Waals surface area contributed by atoms with Crippen molar-refractivity contribution in [2.24, 2.45) is 12.0 Å². The van der Waals surface area contributed by atoms with Gasteiger partial charge in [0.25, 0.3) is 0 Å². The predicted octanol–water partition coefficient (Wildman–Crippen LogP) is 6.59. The van der Waals surface area contributed by atoms with E-state index in [2.05, 4.69) is 108 Å². The zero-order valence-corrected chi connectivity index (χ0v) is 18.7. The van der Waals surface area contributed by atoms with Crippen molar-refractivity contribution in [2.45, 2.75) is 13.5 Å². The van der Waals surface area contributed by atoms with Crippen molar-refractivity contribution in [3.8, 4) is 22.3 Å². The van der Waals surface area contributed by atoms with Crippen molar-refractivity contribution < 1.29 is 0 Å². The number of para-hydroxylation sites is 1. The molecule has 4 nitrogen and oxygen atoms in total. The highest BCUT2D eigenvalue weighted by Crippen LogP contribution is 2.38. The largest absolute Gasteiger partial charge is 0.339 e. The molecule has 4 heteroatoms. The SMILES string of the molecule is Cc1nc2cc3c(cc2n1C)CN=C3Nc1c(-c2ccccc2)cccc1-c1ccccc1. The lowest BCUT2D eigenvalue weighted by atomic mass is 9.95. The number of imidazole rings is 1. The van der Waals surface area contributed by atoms with Crippen LogP contribution in [0, 0.1) is 6.92 Å². The van der Waals surface area contributed by atoms with Crippen LogP contribution >= 0.6 is 0 Å². The summed E-state index contributed by atoms with van der Waals surface area (Å²) in [6.45, 7) is 2.71. The maximum atomic E-state index is 4.89. The van der Waals surface area contributed by atoms with E-state index in [1.54, 1.807) is 0 Å². The van der Waals surface area contributed by atoms with Gasteiger partial charge in [-0.3, -0.25) is 4.99 Å². The number of fused-ring (bicyclic) bond motifs is 2. The second kappa shape index (κ2) is 7.75. The van der Waals surface area contributed by atoms with E-state index < -0.39 is 0 Å². The van der Waals surface area contributed by atoms with Crippen molar-refractivity contribution in [2.75, 3.05) is 5.32 Å². The Morgan fingerprint density at radius 3 is 2.03 bits per heavy atom. The van der Waals surface area contributed by atoms with Crippen LogP contribution < -0.4 is 5.32 Å². The smallest absolute Gasteiger partial charge is 0.133 e. The van der Waals surface area contributed by atoms with Crippen LogP contribution in [-0.4, -0.2) is 15.4 Å². The third-order valence-electron chi connectivity index (χ3n) is 6.47. The zero-order chi connectivity index (χ0) is 22.4. The minimum Gasteiger partial charge on any atom is -0.339 e. The molecule has 33 heavy (non-hydrogen) atoms. The van der Waals surface area contributed by atoms with Gasteiger partial charge in [-0.05, 0) is 35.7 Å². The number of aryl methyl sites for hydroxylation is 2. The average molecular weight is 429 g/mol. The summed E-state index contributed by atoms with van der Waals surface area (Å²) in [6.07, 6.45) is 0. The van der Waals surface area contributed by atoms with Gasteiger partial charge in [0.2, 0.25) is 0 Å². The third-order valence-corrected chi connectivity index (χ3v) is 6.47. The Morgan fingerprint density at radius 1 is 0.758 bits per heavy atom. The molecule has 0 aliphatic carbocycles. The van der Waals surface area contributed by atoms with E-state index in [9.17, 15) is 0 Å². The van der Waals surface area contributed by atoms with Crippen LogP contribution in [0.5, 0.6) is 0 Å². The first kappa shape index (κ1) is 19.5. The molecule has 1 aliphatic rings. The highest BCUT2D eigenvalue weighted by molar-refractivity contribution is 6.15. The lowest BCUT2D eigenvalue weighted by Gasteiger charge is -2.18. The molecule has 0 atom stereocenters. The lowest BCUT2D eigenvalue weighted by molar-refractivity contribution is 0.885.